The molecule has 0 heterocycles. The Bertz CT molecular complexity index is 578. The average molecular weight is 415 g/mol. The molecule has 0 aromatic rings. The highest BCUT2D eigenvalue weighted by molar-refractivity contribution is 5.09. The number of hydrogen-bond acceptors (Lipinski definition) is 1. The van der Waals surface area contributed by atoms with Gasteiger partial charge in [0.05, 0.1) is 6.10 Å². The van der Waals surface area contributed by atoms with Crippen LogP contribution in [-0.2, 0) is 0 Å². The van der Waals surface area contributed by atoms with Gasteiger partial charge in [-0.2, -0.15) is 0 Å². The minimum absolute atomic E-state index is 0.00830. The second-order valence-corrected chi connectivity index (χ2v) is 12.6. The van der Waals surface area contributed by atoms with Gasteiger partial charge in [0, 0.05) is 0 Å². The SMILES string of the molecule is C#C.CC(C)CCCC(C)C1CCC2C3CCC4CC(O)CCC4(C)C3CCC12C. The van der Waals surface area contributed by atoms with Gasteiger partial charge in [0.25, 0.3) is 0 Å². The Kier molecular flexibility index (Phi) is 7.71. The van der Waals surface area contributed by atoms with Crippen LogP contribution in [-0.4, -0.2) is 11.2 Å². The lowest BCUT2D eigenvalue weighted by atomic mass is 9.44. The summed E-state index contributed by atoms with van der Waals surface area (Å²) < 4.78 is 0. The Morgan fingerprint density at radius 3 is 2.20 bits per heavy atom. The fourth-order valence-corrected chi connectivity index (χ4v) is 9.26. The number of aliphatic hydroxyl groups excluding tert-OH is 1. The van der Waals surface area contributed by atoms with Gasteiger partial charge >= 0.3 is 0 Å². The van der Waals surface area contributed by atoms with Crippen LogP contribution in [0.25, 0.3) is 0 Å². The minimum Gasteiger partial charge on any atom is -0.393 e. The summed E-state index contributed by atoms with van der Waals surface area (Å²) in [5.41, 5.74) is 1.15. The summed E-state index contributed by atoms with van der Waals surface area (Å²) in [6, 6.07) is 0. The van der Waals surface area contributed by atoms with Crippen LogP contribution in [0.1, 0.15) is 112 Å². The zero-order chi connectivity index (χ0) is 22.1. The largest absolute Gasteiger partial charge is 0.393 e. The molecule has 1 N–H and O–H groups in total. The summed E-state index contributed by atoms with van der Waals surface area (Å²) in [6.45, 7) is 12.7. The van der Waals surface area contributed by atoms with Crippen molar-refractivity contribution in [1.82, 2.24) is 0 Å². The molecular formula is C29H50O. The molecule has 4 saturated carbocycles. The molecule has 0 aromatic carbocycles. The molecule has 1 heteroatoms. The molecule has 0 saturated heterocycles. The number of aliphatic hydroxyl groups is 1. The fraction of sp³-hybridized carbons (Fsp3) is 0.931. The van der Waals surface area contributed by atoms with Gasteiger partial charge in [0.15, 0.2) is 0 Å². The van der Waals surface area contributed by atoms with Crippen LogP contribution in [0, 0.1) is 65.1 Å². The maximum atomic E-state index is 10.3. The van der Waals surface area contributed by atoms with Crippen molar-refractivity contribution in [2.45, 2.75) is 118 Å². The van der Waals surface area contributed by atoms with E-state index in [9.17, 15) is 5.11 Å². The highest BCUT2D eigenvalue weighted by atomic mass is 16.3. The molecule has 0 bridgehead atoms. The van der Waals surface area contributed by atoms with Gasteiger partial charge in [-0.25, -0.2) is 0 Å². The van der Waals surface area contributed by atoms with E-state index in [1.807, 2.05) is 0 Å². The van der Waals surface area contributed by atoms with Crippen LogP contribution in [0.5, 0.6) is 0 Å². The molecule has 0 radical (unpaired) electrons. The average Bonchev–Trinajstić information content (AvgIpc) is 3.07. The standard InChI is InChI=1S/C27H48O.C2H2/c1-18(2)7-6-8-19(3)23-11-12-24-22-10-9-20-17-21(28)13-15-26(20,4)25(22)14-16-27(23,24)5;1-2/h18-25,28H,6-17H2,1-5H3;1-2H. The lowest BCUT2D eigenvalue weighted by molar-refractivity contribution is -0.129. The van der Waals surface area contributed by atoms with Gasteiger partial charge in [0.1, 0.15) is 0 Å². The molecular weight excluding hydrogens is 364 g/mol. The maximum Gasteiger partial charge on any atom is 0.0543 e. The Morgan fingerprint density at radius 1 is 0.833 bits per heavy atom. The van der Waals surface area contributed by atoms with E-state index in [1.165, 1.54) is 64.2 Å². The third kappa shape index (κ3) is 4.25. The summed E-state index contributed by atoms with van der Waals surface area (Å²) in [6.07, 6.45) is 24.6. The van der Waals surface area contributed by atoms with E-state index in [0.29, 0.717) is 10.8 Å². The number of terminal acetylenes is 1. The first-order valence-corrected chi connectivity index (χ1v) is 13.3. The van der Waals surface area contributed by atoms with E-state index in [0.717, 1.165) is 54.3 Å². The second-order valence-electron chi connectivity index (χ2n) is 12.6. The molecule has 4 aliphatic rings. The molecule has 4 rings (SSSR count). The lowest BCUT2D eigenvalue weighted by Crippen LogP contribution is -2.54. The lowest BCUT2D eigenvalue weighted by Gasteiger charge is -2.61. The highest BCUT2D eigenvalue weighted by Crippen LogP contribution is 2.68. The van der Waals surface area contributed by atoms with Crippen molar-refractivity contribution in [2.75, 3.05) is 0 Å². The quantitative estimate of drug-likeness (QED) is 0.456. The van der Waals surface area contributed by atoms with E-state index in [-0.39, 0.29) is 6.10 Å². The Hall–Kier alpha value is -0.480. The van der Waals surface area contributed by atoms with Gasteiger partial charge in [-0.1, -0.05) is 53.9 Å². The summed E-state index contributed by atoms with van der Waals surface area (Å²) >= 11 is 0. The molecule has 30 heavy (non-hydrogen) atoms. The van der Waals surface area contributed by atoms with Crippen LogP contribution in [0.3, 0.4) is 0 Å². The van der Waals surface area contributed by atoms with Crippen LogP contribution in [0.2, 0.25) is 0 Å². The fourth-order valence-electron chi connectivity index (χ4n) is 9.26. The molecule has 0 aromatic heterocycles. The monoisotopic (exact) mass is 414 g/mol. The topological polar surface area (TPSA) is 20.2 Å². The normalized spacial score (nSPS) is 46.2. The van der Waals surface area contributed by atoms with Crippen molar-refractivity contribution in [2.24, 2.45) is 52.3 Å². The van der Waals surface area contributed by atoms with Gasteiger partial charge in [-0.05, 0) is 110 Å². The maximum absolute atomic E-state index is 10.3. The number of rotatable bonds is 5. The molecule has 9 atom stereocenters. The smallest absolute Gasteiger partial charge is 0.0543 e. The zero-order valence-corrected chi connectivity index (χ0v) is 20.7. The van der Waals surface area contributed by atoms with E-state index in [1.54, 1.807) is 0 Å². The third-order valence-corrected chi connectivity index (χ3v) is 10.8. The van der Waals surface area contributed by atoms with E-state index in [4.69, 9.17) is 0 Å². The Balaban J connectivity index is 0.00000124. The van der Waals surface area contributed by atoms with Gasteiger partial charge < -0.3 is 5.11 Å². The number of fused-ring (bicyclic) bond motifs is 5. The summed E-state index contributed by atoms with van der Waals surface area (Å²) in [5, 5.41) is 10.3. The van der Waals surface area contributed by atoms with Gasteiger partial charge in [-0.3, -0.25) is 0 Å². The van der Waals surface area contributed by atoms with Crippen LogP contribution < -0.4 is 0 Å². The summed E-state index contributed by atoms with van der Waals surface area (Å²) in [7, 11) is 0. The van der Waals surface area contributed by atoms with E-state index >= 15 is 0 Å². The molecule has 4 fully saturated rings. The van der Waals surface area contributed by atoms with Crippen molar-refractivity contribution in [3.63, 3.8) is 0 Å². The van der Waals surface area contributed by atoms with Crippen LogP contribution >= 0.6 is 0 Å². The zero-order valence-electron chi connectivity index (χ0n) is 20.7. The predicted molar refractivity (Wildman–Crippen MR) is 129 cm³/mol. The first-order chi connectivity index (χ1) is 14.3. The minimum atomic E-state index is -0.00830. The van der Waals surface area contributed by atoms with E-state index < -0.39 is 0 Å². The Labute approximate surface area is 188 Å². The third-order valence-electron chi connectivity index (χ3n) is 10.8. The van der Waals surface area contributed by atoms with Gasteiger partial charge in [0.2, 0.25) is 0 Å². The van der Waals surface area contributed by atoms with Crippen molar-refractivity contribution in [1.29, 1.82) is 0 Å². The van der Waals surface area contributed by atoms with Crippen molar-refractivity contribution in [3.05, 3.63) is 0 Å². The first kappa shape index (κ1) is 24.2. The van der Waals surface area contributed by atoms with Crippen LogP contribution in [0.15, 0.2) is 0 Å². The van der Waals surface area contributed by atoms with E-state index in [2.05, 4.69) is 47.5 Å². The van der Waals surface area contributed by atoms with Crippen molar-refractivity contribution in [3.8, 4) is 12.8 Å². The predicted octanol–water partition coefficient (Wildman–Crippen LogP) is 7.72. The molecule has 0 amide bonds. The summed E-state index contributed by atoms with van der Waals surface area (Å²) in [4.78, 5) is 0. The highest BCUT2D eigenvalue weighted by Gasteiger charge is 2.60. The van der Waals surface area contributed by atoms with Crippen molar-refractivity contribution < 1.29 is 5.11 Å². The number of hydrogen-bond donors (Lipinski definition) is 1. The summed E-state index contributed by atoms with van der Waals surface area (Å²) in [5.74, 6) is 6.49. The molecule has 9 unspecified atom stereocenters. The van der Waals surface area contributed by atoms with Gasteiger partial charge in [-0.15, -0.1) is 12.8 Å². The molecule has 0 spiro atoms. The van der Waals surface area contributed by atoms with Crippen molar-refractivity contribution >= 4 is 0 Å². The second kappa shape index (κ2) is 9.57. The van der Waals surface area contributed by atoms with Crippen LogP contribution in [0.4, 0.5) is 0 Å². The molecule has 0 aliphatic heterocycles. The molecule has 4 aliphatic carbocycles. The first-order valence-electron chi connectivity index (χ1n) is 13.3. The molecule has 1 nitrogen and oxygen atoms in total. The molecule has 172 valence electrons. The Morgan fingerprint density at radius 2 is 1.50 bits per heavy atom.